The van der Waals surface area contributed by atoms with Crippen molar-refractivity contribution in [3.05, 3.63) is 0 Å². The van der Waals surface area contributed by atoms with Crippen molar-refractivity contribution in [3.63, 3.8) is 0 Å². The average molecular weight is 369 g/mol. The van der Waals surface area contributed by atoms with Crippen LogP contribution in [-0.2, 0) is 9.59 Å². The van der Waals surface area contributed by atoms with Gasteiger partial charge in [0.1, 0.15) is 4.87 Å². The molecular formula is C19H34N3O2S+. The van der Waals surface area contributed by atoms with Gasteiger partial charge in [-0.1, -0.05) is 37.9 Å². The van der Waals surface area contributed by atoms with Crippen LogP contribution in [0.3, 0.4) is 0 Å². The third-order valence-corrected chi connectivity index (χ3v) is 7.91. The van der Waals surface area contributed by atoms with Gasteiger partial charge in [-0.05, 0) is 26.2 Å². The van der Waals surface area contributed by atoms with Crippen molar-refractivity contribution >= 4 is 23.6 Å². The molecule has 2 amide bonds. The van der Waals surface area contributed by atoms with Crippen molar-refractivity contribution in [2.45, 2.75) is 82.2 Å². The zero-order valence-electron chi connectivity index (χ0n) is 15.8. The molecule has 0 aromatic rings. The topological polar surface area (TPSA) is 66.0 Å². The number of hydrogen-bond acceptors (Lipinski definition) is 3. The molecule has 0 aromatic heterocycles. The van der Waals surface area contributed by atoms with Crippen molar-refractivity contribution in [2.75, 3.05) is 18.8 Å². The maximum Gasteiger partial charge on any atom is 0.279 e. The maximum absolute atomic E-state index is 12.7. The van der Waals surface area contributed by atoms with Gasteiger partial charge in [0.25, 0.3) is 5.91 Å². The molecule has 3 N–H and O–H groups in total. The number of carbonyl (C=O) groups excluding carboxylic acids is 2. The normalized spacial score (nSPS) is 28.1. The van der Waals surface area contributed by atoms with Crippen LogP contribution in [0.4, 0.5) is 0 Å². The smallest absolute Gasteiger partial charge is 0.279 e. The molecule has 1 aliphatic carbocycles. The van der Waals surface area contributed by atoms with Gasteiger partial charge in [-0.3, -0.25) is 9.59 Å². The molecule has 1 spiro atoms. The van der Waals surface area contributed by atoms with Crippen molar-refractivity contribution in [1.29, 1.82) is 0 Å². The summed E-state index contributed by atoms with van der Waals surface area (Å²) >= 11 is 1.93. The Balaban J connectivity index is 1.48. The number of amides is 2. The second-order valence-corrected chi connectivity index (χ2v) is 9.56. The Labute approximate surface area is 156 Å². The number of rotatable bonds is 4. The first-order chi connectivity index (χ1) is 12.0. The minimum absolute atomic E-state index is 0.0274. The predicted molar refractivity (Wildman–Crippen MR) is 101 cm³/mol. The van der Waals surface area contributed by atoms with E-state index < -0.39 is 0 Å². The average Bonchev–Trinajstić information content (AvgIpc) is 3.06. The lowest BCUT2D eigenvalue weighted by Gasteiger charge is -2.38. The summed E-state index contributed by atoms with van der Waals surface area (Å²) in [4.78, 5) is 27.3. The Kier molecular flexibility index (Phi) is 6.31. The van der Waals surface area contributed by atoms with E-state index in [9.17, 15) is 9.59 Å². The van der Waals surface area contributed by atoms with E-state index in [-0.39, 0.29) is 28.8 Å². The number of hydrogen-bond donors (Lipinski definition) is 2. The number of thioether (sulfide) groups is 1. The molecule has 0 bridgehead atoms. The lowest BCUT2D eigenvalue weighted by atomic mass is 9.87. The van der Waals surface area contributed by atoms with Gasteiger partial charge in [0.05, 0.1) is 5.75 Å². The molecule has 6 heteroatoms. The van der Waals surface area contributed by atoms with Crippen LogP contribution in [0.15, 0.2) is 0 Å². The highest BCUT2D eigenvalue weighted by molar-refractivity contribution is 8.00. The van der Waals surface area contributed by atoms with E-state index in [0.717, 1.165) is 50.9 Å². The number of likely N-dealkylation sites (tertiary alicyclic amines) is 1. The molecule has 3 aliphatic rings. The van der Waals surface area contributed by atoms with E-state index in [1.165, 1.54) is 19.3 Å². The Hall–Kier alpha value is -0.750. The lowest BCUT2D eigenvalue weighted by molar-refractivity contribution is -0.714. The molecule has 25 heavy (non-hydrogen) atoms. The molecule has 2 atom stereocenters. The van der Waals surface area contributed by atoms with Crippen molar-refractivity contribution in [3.8, 4) is 0 Å². The van der Waals surface area contributed by atoms with E-state index in [1.807, 2.05) is 11.8 Å². The second-order valence-electron chi connectivity index (χ2n) is 8.13. The van der Waals surface area contributed by atoms with Gasteiger partial charge in [0, 0.05) is 37.9 Å². The summed E-state index contributed by atoms with van der Waals surface area (Å²) in [5.74, 6) is 1.74. The van der Waals surface area contributed by atoms with E-state index >= 15 is 0 Å². The van der Waals surface area contributed by atoms with Crippen LogP contribution >= 0.6 is 11.8 Å². The number of piperidine rings is 1. The molecule has 0 aromatic carbocycles. The summed E-state index contributed by atoms with van der Waals surface area (Å²) in [6.07, 6.45) is 8.86. The minimum Gasteiger partial charge on any atom is -0.348 e. The maximum atomic E-state index is 12.7. The highest BCUT2D eigenvalue weighted by Gasteiger charge is 2.49. The zero-order chi connectivity index (χ0) is 17.9. The summed E-state index contributed by atoms with van der Waals surface area (Å²) in [5, 5.41) is 5.40. The number of nitrogens with one attached hydrogen (secondary N) is 1. The summed E-state index contributed by atoms with van der Waals surface area (Å²) in [5.41, 5.74) is 0. The largest absolute Gasteiger partial charge is 0.348 e. The Morgan fingerprint density at radius 3 is 2.56 bits per heavy atom. The van der Waals surface area contributed by atoms with Gasteiger partial charge in [-0.2, -0.15) is 0 Å². The van der Waals surface area contributed by atoms with Gasteiger partial charge in [0.15, 0.2) is 6.04 Å². The number of nitrogens with two attached hydrogens (primary N) is 1. The van der Waals surface area contributed by atoms with Gasteiger partial charge in [-0.15, -0.1) is 0 Å². The molecule has 0 radical (unpaired) electrons. The standard InChI is InChI=1S/C19H33N3O2S/c1-3-14(2)20-17(23)16-13-25-19(21-16)9-11-22(12-10-19)18(24)15-7-5-4-6-8-15/h14-16,21H,3-13H2,1-2H3,(H,20,23)/p+1/t14-,16-/m0/s1. The molecule has 3 fully saturated rings. The highest BCUT2D eigenvalue weighted by Crippen LogP contribution is 2.35. The summed E-state index contributed by atoms with van der Waals surface area (Å²) in [6, 6.07) is 0.275. The first-order valence-corrected chi connectivity index (χ1v) is 11.1. The molecule has 2 saturated heterocycles. The van der Waals surface area contributed by atoms with Crippen LogP contribution in [0.25, 0.3) is 0 Å². The third-order valence-electron chi connectivity index (χ3n) is 6.27. The van der Waals surface area contributed by atoms with Crippen molar-refractivity contribution in [1.82, 2.24) is 10.2 Å². The summed E-state index contributed by atoms with van der Waals surface area (Å²) in [6.45, 7) is 5.88. The molecule has 1 saturated carbocycles. The molecule has 3 rings (SSSR count). The van der Waals surface area contributed by atoms with Gasteiger partial charge in [0.2, 0.25) is 5.91 Å². The van der Waals surface area contributed by atoms with E-state index in [0.29, 0.717) is 5.91 Å². The first-order valence-electron chi connectivity index (χ1n) is 10.1. The monoisotopic (exact) mass is 368 g/mol. The van der Waals surface area contributed by atoms with Crippen LogP contribution < -0.4 is 10.6 Å². The van der Waals surface area contributed by atoms with Crippen LogP contribution in [0.5, 0.6) is 0 Å². The Morgan fingerprint density at radius 1 is 1.24 bits per heavy atom. The fraction of sp³-hybridized carbons (Fsp3) is 0.895. The quantitative estimate of drug-likeness (QED) is 0.790. The molecule has 5 nitrogen and oxygen atoms in total. The fourth-order valence-electron chi connectivity index (χ4n) is 4.35. The molecule has 2 aliphatic heterocycles. The number of nitrogens with zero attached hydrogens (tertiary/aromatic N) is 1. The fourth-order valence-corrected chi connectivity index (χ4v) is 5.84. The molecular weight excluding hydrogens is 334 g/mol. The van der Waals surface area contributed by atoms with E-state index in [1.54, 1.807) is 0 Å². The Bertz CT molecular complexity index is 485. The predicted octanol–water partition coefficient (Wildman–Crippen LogP) is 1.48. The highest BCUT2D eigenvalue weighted by atomic mass is 32.2. The second kappa shape index (κ2) is 8.30. The van der Waals surface area contributed by atoms with E-state index in [4.69, 9.17) is 0 Å². The summed E-state index contributed by atoms with van der Waals surface area (Å²) in [7, 11) is 0. The van der Waals surface area contributed by atoms with Gasteiger partial charge in [-0.25, -0.2) is 0 Å². The van der Waals surface area contributed by atoms with Crippen LogP contribution in [-0.4, -0.2) is 52.5 Å². The molecule has 0 unspecified atom stereocenters. The van der Waals surface area contributed by atoms with E-state index in [2.05, 4.69) is 29.4 Å². The Morgan fingerprint density at radius 2 is 1.92 bits per heavy atom. The van der Waals surface area contributed by atoms with Crippen molar-refractivity contribution in [2.24, 2.45) is 5.92 Å². The lowest BCUT2D eigenvalue weighted by Crippen LogP contribution is -3.00. The number of quaternary nitrogens is 1. The molecule has 2 heterocycles. The van der Waals surface area contributed by atoms with Gasteiger partial charge < -0.3 is 15.5 Å². The van der Waals surface area contributed by atoms with Crippen LogP contribution in [0.2, 0.25) is 0 Å². The zero-order valence-corrected chi connectivity index (χ0v) is 16.6. The third kappa shape index (κ3) is 4.51. The summed E-state index contributed by atoms with van der Waals surface area (Å²) < 4.78 is 0. The van der Waals surface area contributed by atoms with Crippen molar-refractivity contribution < 1.29 is 14.9 Å². The van der Waals surface area contributed by atoms with Crippen LogP contribution in [0, 0.1) is 5.92 Å². The van der Waals surface area contributed by atoms with Gasteiger partial charge >= 0.3 is 0 Å². The molecule has 142 valence electrons. The number of carbonyl (C=O) groups is 2. The van der Waals surface area contributed by atoms with Crippen LogP contribution in [0.1, 0.15) is 65.2 Å². The first kappa shape index (κ1) is 19.0. The minimum atomic E-state index is 0.0274. The SMILES string of the molecule is CC[C@H](C)NC(=O)[C@@H]1CSC2(CCN(C(=O)C3CCCCC3)CC2)[NH2+]1.